The van der Waals surface area contributed by atoms with Gasteiger partial charge in [-0.05, 0) is 26.5 Å². The van der Waals surface area contributed by atoms with Crippen molar-refractivity contribution >= 4 is 0 Å². The second kappa shape index (κ2) is 8.07. The third-order valence-electron chi connectivity index (χ3n) is 2.94. The van der Waals surface area contributed by atoms with Gasteiger partial charge in [-0.1, -0.05) is 32.3 Å². The van der Waals surface area contributed by atoms with Crippen molar-refractivity contribution in [3.05, 3.63) is 23.9 Å². The van der Waals surface area contributed by atoms with Crippen molar-refractivity contribution in [3.63, 3.8) is 0 Å². The van der Waals surface area contributed by atoms with Crippen LogP contribution >= 0.6 is 0 Å². The van der Waals surface area contributed by atoms with Crippen LogP contribution in [0.15, 0.2) is 18.3 Å². The van der Waals surface area contributed by atoms with Gasteiger partial charge >= 0.3 is 0 Å². The summed E-state index contributed by atoms with van der Waals surface area (Å²) in [7, 11) is 1.95. The van der Waals surface area contributed by atoms with Gasteiger partial charge in [0.15, 0.2) is 0 Å². The number of nitrogens with zero attached hydrogens (tertiary/aromatic N) is 1. The van der Waals surface area contributed by atoms with Crippen LogP contribution in [0, 0.1) is 0 Å². The summed E-state index contributed by atoms with van der Waals surface area (Å²) in [6.45, 7) is 5.09. The fourth-order valence-electron chi connectivity index (χ4n) is 1.71. The number of aromatic nitrogens is 1. The Balaban J connectivity index is 2.46. The van der Waals surface area contributed by atoms with E-state index in [2.05, 4.69) is 30.2 Å². The molecule has 0 spiro atoms. The maximum absolute atomic E-state index is 5.76. The maximum atomic E-state index is 5.76. The summed E-state index contributed by atoms with van der Waals surface area (Å²) in [5.41, 5.74) is 1.13. The van der Waals surface area contributed by atoms with Gasteiger partial charge in [0.25, 0.3) is 0 Å². The summed E-state index contributed by atoms with van der Waals surface area (Å²) in [5, 5.41) is 3.21. The largest absolute Gasteiger partial charge is 0.477 e. The molecule has 0 radical (unpaired) electrons. The van der Waals surface area contributed by atoms with Crippen LogP contribution in [0.5, 0.6) is 5.88 Å². The van der Waals surface area contributed by atoms with Gasteiger partial charge in [-0.25, -0.2) is 4.98 Å². The Bertz CT molecular complexity index is 315. The first-order valence-electron chi connectivity index (χ1n) is 6.54. The SMILES string of the molecule is CCCCCCOc1ncccc1C(C)NC. The van der Waals surface area contributed by atoms with Crippen molar-refractivity contribution in [2.24, 2.45) is 0 Å². The third kappa shape index (κ3) is 4.73. The molecular formula is C14H24N2O. The Morgan fingerprint density at radius 2 is 2.18 bits per heavy atom. The van der Waals surface area contributed by atoms with Gasteiger partial charge in [-0.15, -0.1) is 0 Å². The zero-order valence-electron chi connectivity index (χ0n) is 11.2. The number of hydrogen-bond donors (Lipinski definition) is 1. The molecule has 0 aliphatic heterocycles. The fraction of sp³-hybridized carbons (Fsp3) is 0.643. The van der Waals surface area contributed by atoms with E-state index >= 15 is 0 Å². The first kappa shape index (κ1) is 14.0. The molecule has 96 valence electrons. The summed E-state index contributed by atoms with van der Waals surface area (Å²) in [4.78, 5) is 4.30. The van der Waals surface area contributed by atoms with Crippen molar-refractivity contribution in [1.29, 1.82) is 0 Å². The molecule has 3 nitrogen and oxygen atoms in total. The van der Waals surface area contributed by atoms with Crippen LogP contribution < -0.4 is 10.1 Å². The molecule has 1 unspecified atom stereocenters. The molecule has 0 saturated carbocycles. The van der Waals surface area contributed by atoms with Gasteiger partial charge in [0.05, 0.1) is 6.61 Å². The van der Waals surface area contributed by atoms with Crippen LogP contribution in [0.3, 0.4) is 0 Å². The zero-order chi connectivity index (χ0) is 12.5. The molecule has 1 rings (SSSR count). The molecule has 1 N–H and O–H groups in total. The van der Waals surface area contributed by atoms with E-state index in [4.69, 9.17) is 4.74 Å². The van der Waals surface area contributed by atoms with E-state index in [0.29, 0.717) is 0 Å². The molecule has 0 aromatic carbocycles. The summed E-state index contributed by atoms with van der Waals surface area (Å²) in [5.74, 6) is 0.769. The standard InChI is InChI=1S/C14H24N2O/c1-4-5-6-7-11-17-14-13(12(2)15-3)9-8-10-16-14/h8-10,12,15H,4-7,11H2,1-3H3. The molecule has 0 fully saturated rings. The molecule has 0 amide bonds. The molecule has 1 heterocycles. The average molecular weight is 236 g/mol. The predicted molar refractivity (Wildman–Crippen MR) is 71.3 cm³/mol. The highest BCUT2D eigenvalue weighted by molar-refractivity contribution is 5.28. The summed E-state index contributed by atoms with van der Waals surface area (Å²) in [6.07, 6.45) is 6.67. The molecule has 0 aliphatic rings. The Morgan fingerprint density at radius 3 is 2.88 bits per heavy atom. The van der Waals surface area contributed by atoms with E-state index in [1.165, 1.54) is 19.3 Å². The molecule has 0 saturated heterocycles. The van der Waals surface area contributed by atoms with E-state index in [0.717, 1.165) is 24.5 Å². The van der Waals surface area contributed by atoms with Crippen molar-refractivity contribution in [1.82, 2.24) is 10.3 Å². The normalized spacial score (nSPS) is 12.4. The molecular weight excluding hydrogens is 212 g/mol. The Labute approximate surface area is 105 Å². The van der Waals surface area contributed by atoms with Crippen LogP contribution in [0.2, 0.25) is 0 Å². The number of nitrogens with one attached hydrogen (secondary N) is 1. The van der Waals surface area contributed by atoms with E-state index in [9.17, 15) is 0 Å². The Morgan fingerprint density at radius 1 is 1.35 bits per heavy atom. The van der Waals surface area contributed by atoms with Crippen LogP contribution in [0.4, 0.5) is 0 Å². The number of rotatable bonds is 8. The highest BCUT2D eigenvalue weighted by Gasteiger charge is 2.10. The average Bonchev–Trinajstić information content (AvgIpc) is 2.38. The lowest BCUT2D eigenvalue weighted by Crippen LogP contribution is -2.14. The van der Waals surface area contributed by atoms with Gasteiger partial charge < -0.3 is 10.1 Å². The van der Waals surface area contributed by atoms with Gasteiger partial charge in [0, 0.05) is 17.8 Å². The van der Waals surface area contributed by atoms with Gasteiger partial charge in [0.2, 0.25) is 5.88 Å². The minimum atomic E-state index is 0.273. The van der Waals surface area contributed by atoms with E-state index in [1.807, 2.05) is 13.1 Å². The van der Waals surface area contributed by atoms with E-state index < -0.39 is 0 Å². The number of unbranched alkanes of at least 4 members (excludes halogenated alkanes) is 3. The zero-order valence-corrected chi connectivity index (χ0v) is 11.2. The Hall–Kier alpha value is -1.09. The quantitative estimate of drug-likeness (QED) is 0.703. The van der Waals surface area contributed by atoms with E-state index in [-0.39, 0.29) is 6.04 Å². The lowest BCUT2D eigenvalue weighted by molar-refractivity contribution is 0.288. The second-order valence-electron chi connectivity index (χ2n) is 4.32. The van der Waals surface area contributed by atoms with E-state index in [1.54, 1.807) is 6.20 Å². The van der Waals surface area contributed by atoms with Crippen LogP contribution in [-0.4, -0.2) is 18.6 Å². The lowest BCUT2D eigenvalue weighted by atomic mass is 10.1. The van der Waals surface area contributed by atoms with Gasteiger partial charge in [0.1, 0.15) is 0 Å². The summed E-state index contributed by atoms with van der Waals surface area (Å²) in [6, 6.07) is 4.29. The molecule has 17 heavy (non-hydrogen) atoms. The monoisotopic (exact) mass is 236 g/mol. The summed E-state index contributed by atoms with van der Waals surface area (Å²) >= 11 is 0. The first-order valence-corrected chi connectivity index (χ1v) is 6.54. The molecule has 0 bridgehead atoms. The van der Waals surface area contributed by atoms with Crippen molar-refractivity contribution < 1.29 is 4.74 Å². The van der Waals surface area contributed by atoms with Crippen molar-refractivity contribution in [2.75, 3.05) is 13.7 Å². The van der Waals surface area contributed by atoms with Crippen molar-refractivity contribution in [2.45, 2.75) is 45.6 Å². The smallest absolute Gasteiger partial charge is 0.218 e. The van der Waals surface area contributed by atoms with Crippen molar-refractivity contribution in [3.8, 4) is 5.88 Å². The predicted octanol–water partition coefficient (Wildman–Crippen LogP) is 3.32. The number of hydrogen-bond acceptors (Lipinski definition) is 3. The van der Waals surface area contributed by atoms with Crippen LogP contribution in [0.25, 0.3) is 0 Å². The molecule has 1 atom stereocenters. The highest BCUT2D eigenvalue weighted by atomic mass is 16.5. The first-order chi connectivity index (χ1) is 8.29. The molecule has 1 aromatic heterocycles. The van der Waals surface area contributed by atoms with Crippen LogP contribution in [0.1, 0.15) is 51.1 Å². The molecule has 0 aliphatic carbocycles. The topological polar surface area (TPSA) is 34.1 Å². The lowest BCUT2D eigenvalue weighted by Gasteiger charge is -2.15. The third-order valence-corrected chi connectivity index (χ3v) is 2.94. The minimum absolute atomic E-state index is 0.273. The number of ether oxygens (including phenoxy) is 1. The minimum Gasteiger partial charge on any atom is -0.477 e. The molecule has 1 aromatic rings. The second-order valence-corrected chi connectivity index (χ2v) is 4.32. The highest BCUT2D eigenvalue weighted by Crippen LogP contribution is 2.21. The van der Waals surface area contributed by atoms with Gasteiger partial charge in [-0.3, -0.25) is 0 Å². The number of pyridine rings is 1. The van der Waals surface area contributed by atoms with Gasteiger partial charge in [-0.2, -0.15) is 0 Å². The fourth-order valence-corrected chi connectivity index (χ4v) is 1.71. The molecule has 3 heteroatoms. The van der Waals surface area contributed by atoms with Crippen LogP contribution in [-0.2, 0) is 0 Å². The summed E-state index contributed by atoms with van der Waals surface area (Å²) < 4.78 is 5.76. The maximum Gasteiger partial charge on any atom is 0.218 e. The Kier molecular flexibility index (Phi) is 6.63.